The first-order chi connectivity index (χ1) is 11.3. The van der Waals surface area contributed by atoms with Gasteiger partial charge in [0, 0.05) is 32.6 Å². The fourth-order valence-electron chi connectivity index (χ4n) is 3.74. The molecular formula is C16H28N6O. The van der Waals surface area contributed by atoms with Crippen LogP contribution in [-0.4, -0.2) is 62.5 Å². The average molecular weight is 320 g/mol. The van der Waals surface area contributed by atoms with Gasteiger partial charge < -0.3 is 4.90 Å². The highest BCUT2D eigenvalue weighted by Gasteiger charge is 2.22. The fourth-order valence-corrected chi connectivity index (χ4v) is 3.74. The molecule has 1 aliphatic heterocycles. The Balaban J connectivity index is 1.36. The molecule has 2 fully saturated rings. The third kappa shape index (κ3) is 4.99. The molecule has 0 aromatic carbocycles. The first kappa shape index (κ1) is 16.4. The molecule has 1 amide bonds. The molecule has 1 N–H and O–H groups in total. The zero-order chi connectivity index (χ0) is 15.9. The number of nitrogens with one attached hydrogen (secondary N) is 1. The number of rotatable bonds is 5. The Morgan fingerprint density at radius 2 is 1.83 bits per heavy atom. The molecule has 0 atom stereocenters. The summed E-state index contributed by atoms with van der Waals surface area (Å²) in [5.41, 5.74) is 0. The average Bonchev–Trinajstić information content (AvgIpc) is 2.94. The predicted octanol–water partition coefficient (Wildman–Crippen LogP) is 1.59. The number of aromatic nitrogens is 4. The van der Waals surface area contributed by atoms with Gasteiger partial charge in [0.05, 0.1) is 6.54 Å². The SMILES string of the molecule is O=C(CCC1CCCCCC1)N1CCN(Cc2nn[nH]n2)CC1. The minimum atomic E-state index is 0.341. The monoisotopic (exact) mass is 320 g/mol. The van der Waals surface area contributed by atoms with Gasteiger partial charge >= 0.3 is 0 Å². The fraction of sp³-hybridized carbons (Fsp3) is 0.875. The second kappa shape index (κ2) is 8.38. The molecule has 2 heterocycles. The second-order valence-corrected chi connectivity index (χ2v) is 6.88. The van der Waals surface area contributed by atoms with Crippen molar-refractivity contribution in [3.05, 3.63) is 5.82 Å². The summed E-state index contributed by atoms with van der Waals surface area (Å²) in [6, 6.07) is 0. The van der Waals surface area contributed by atoms with Crippen molar-refractivity contribution in [2.24, 2.45) is 5.92 Å². The van der Waals surface area contributed by atoms with Gasteiger partial charge in [-0.1, -0.05) is 43.7 Å². The molecular weight excluding hydrogens is 292 g/mol. The lowest BCUT2D eigenvalue weighted by Crippen LogP contribution is -2.48. The topological polar surface area (TPSA) is 78.0 Å². The van der Waals surface area contributed by atoms with E-state index in [4.69, 9.17) is 0 Å². The first-order valence-electron chi connectivity index (χ1n) is 9.04. The van der Waals surface area contributed by atoms with Crippen LogP contribution in [0.15, 0.2) is 0 Å². The number of hydrogen-bond acceptors (Lipinski definition) is 5. The summed E-state index contributed by atoms with van der Waals surface area (Å²) in [6.45, 7) is 4.14. The number of piperazine rings is 1. The van der Waals surface area contributed by atoms with Gasteiger partial charge in [-0.25, -0.2) is 0 Å². The molecule has 1 saturated carbocycles. The summed E-state index contributed by atoms with van der Waals surface area (Å²) in [5.74, 6) is 1.84. The van der Waals surface area contributed by atoms with Crippen molar-refractivity contribution in [2.75, 3.05) is 26.2 Å². The van der Waals surface area contributed by atoms with E-state index in [2.05, 4.69) is 25.5 Å². The Kier molecular flexibility index (Phi) is 5.96. The number of nitrogens with zero attached hydrogens (tertiary/aromatic N) is 5. The Hall–Kier alpha value is -1.50. The zero-order valence-electron chi connectivity index (χ0n) is 13.9. The van der Waals surface area contributed by atoms with Crippen LogP contribution in [0.1, 0.15) is 57.2 Å². The van der Waals surface area contributed by atoms with Gasteiger partial charge in [-0.3, -0.25) is 9.69 Å². The van der Waals surface area contributed by atoms with Crippen LogP contribution in [0.5, 0.6) is 0 Å². The van der Waals surface area contributed by atoms with E-state index < -0.39 is 0 Å². The zero-order valence-corrected chi connectivity index (χ0v) is 13.9. The van der Waals surface area contributed by atoms with Crippen molar-refractivity contribution in [1.29, 1.82) is 0 Å². The first-order valence-corrected chi connectivity index (χ1v) is 9.04. The number of tetrazole rings is 1. The number of amides is 1. The predicted molar refractivity (Wildman–Crippen MR) is 86.5 cm³/mol. The molecule has 1 aromatic rings. The molecule has 23 heavy (non-hydrogen) atoms. The van der Waals surface area contributed by atoms with E-state index in [1.165, 1.54) is 38.5 Å². The quantitative estimate of drug-likeness (QED) is 0.834. The van der Waals surface area contributed by atoms with Crippen LogP contribution in [0.3, 0.4) is 0 Å². The summed E-state index contributed by atoms with van der Waals surface area (Å²) in [5, 5.41) is 14.0. The van der Waals surface area contributed by atoms with Gasteiger partial charge in [0.2, 0.25) is 5.91 Å². The molecule has 0 unspecified atom stereocenters. The molecule has 1 aromatic heterocycles. The molecule has 7 heteroatoms. The maximum atomic E-state index is 12.4. The highest BCUT2D eigenvalue weighted by atomic mass is 16.2. The van der Waals surface area contributed by atoms with Gasteiger partial charge in [-0.15, -0.1) is 10.2 Å². The Labute approximate surface area is 137 Å². The van der Waals surface area contributed by atoms with Crippen molar-refractivity contribution in [3.63, 3.8) is 0 Å². The van der Waals surface area contributed by atoms with Crippen LogP contribution < -0.4 is 0 Å². The highest BCUT2D eigenvalue weighted by Crippen LogP contribution is 2.26. The summed E-state index contributed by atoms with van der Waals surface area (Å²) < 4.78 is 0. The van der Waals surface area contributed by atoms with Gasteiger partial charge in [-0.05, 0) is 12.3 Å². The minimum Gasteiger partial charge on any atom is -0.340 e. The molecule has 0 radical (unpaired) electrons. The van der Waals surface area contributed by atoms with Gasteiger partial charge in [0.1, 0.15) is 0 Å². The lowest BCUT2D eigenvalue weighted by Gasteiger charge is -2.34. The van der Waals surface area contributed by atoms with Crippen molar-refractivity contribution in [1.82, 2.24) is 30.4 Å². The van der Waals surface area contributed by atoms with E-state index in [-0.39, 0.29) is 0 Å². The number of carbonyl (C=O) groups is 1. The van der Waals surface area contributed by atoms with E-state index in [0.29, 0.717) is 12.5 Å². The van der Waals surface area contributed by atoms with Gasteiger partial charge in [0.15, 0.2) is 5.82 Å². The number of hydrogen-bond donors (Lipinski definition) is 1. The molecule has 0 spiro atoms. The van der Waals surface area contributed by atoms with Crippen molar-refractivity contribution in [3.8, 4) is 0 Å². The third-order valence-electron chi connectivity index (χ3n) is 5.22. The summed E-state index contributed by atoms with van der Waals surface area (Å²) in [4.78, 5) is 16.7. The molecule has 0 bridgehead atoms. The standard InChI is InChI=1S/C16H28N6O/c23-16(8-7-14-5-3-1-2-4-6-14)22-11-9-21(10-12-22)13-15-17-19-20-18-15/h14H,1-13H2,(H,17,18,19,20). The Bertz CT molecular complexity index is 461. The summed E-state index contributed by atoms with van der Waals surface area (Å²) in [7, 11) is 0. The third-order valence-corrected chi connectivity index (χ3v) is 5.22. The normalized spacial score (nSPS) is 21.3. The van der Waals surface area contributed by atoms with Crippen LogP contribution in [0, 0.1) is 5.92 Å². The molecule has 3 rings (SSSR count). The lowest BCUT2D eigenvalue weighted by molar-refractivity contribution is -0.133. The molecule has 1 saturated heterocycles. The minimum absolute atomic E-state index is 0.341. The van der Waals surface area contributed by atoms with Crippen LogP contribution >= 0.6 is 0 Å². The summed E-state index contributed by atoms with van der Waals surface area (Å²) in [6.07, 6.45) is 9.94. The molecule has 1 aliphatic carbocycles. The largest absolute Gasteiger partial charge is 0.340 e. The van der Waals surface area contributed by atoms with Crippen LogP contribution in [0.4, 0.5) is 0 Å². The Morgan fingerprint density at radius 1 is 1.09 bits per heavy atom. The van der Waals surface area contributed by atoms with E-state index in [1.54, 1.807) is 0 Å². The summed E-state index contributed by atoms with van der Waals surface area (Å²) >= 11 is 0. The van der Waals surface area contributed by atoms with Crippen molar-refractivity contribution in [2.45, 2.75) is 57.9 Å². The van der Waals surface area contributed by atoms with E-state index in [0.717, 1.165) is 50.8 Å². The maximum Gasteiger partial charge on any atom is 0.222 e. The van der Waals surface area contributed by atoms with Crippen LogP contribution in [-0.2, 0) is 11.3 Å². The van der Waals surface area contributed by atoms with Crippen LogP contribution in [0.25, 0.3) is 0 Å². The van der Waals surface area contributed by atoms with E-state index in [1.807, 2.05) is 4.90 Å². The molecule has 2 aliphatic rings. The second-order valence-electron chi connectivity index (χ2n) is 6.88. The smallest absolute Gasteiger partial charge is 0.222 e. The van der Waals surface area contributed by atoms with Crippen LogP contribution in [0.2, 0.25) is 0 Å². The molecule has 128 valence electrons. The highest BCUT2D eigenvalue weighted by molar-refractivity contribution is 5.76. The Morgan fingerprint density at radius 3 is 2.48 bits per heavy atom. The maximum absolute atomic E-state index is 12.4. The van der Waals surface area contributed by atoms with Gasteiger partial charge in [-0.2, -0.15) is 5.21 Å². The molecule has 7 nitrogen and oxygen atoms in total. The number of aromatic amines is 1. The lowest BCUT2D eigenvalue weighted by atomic mass is 9.94. The van der Waals surface area contributed by atoms with E-state index >= 15 is 0 Å². The van der Waals surface area contributed by atoms with Crippen molar-refractivity contribution >= 4 is 5.91 Å². The number of H-pyrrole nitrogens is 1. The van der Waals surface area contributed by atoms with Gasteiger partial charge in [0.25, 0.3) is 0 Å². The van der Waals surface area contributed by atoms with E-state index in [9.17, 15) is 4.79 Å². The number of carbonyl (C=O) groups excluding carboxylic acids is 1. The van der Waals surface area contributed by atoms with Crippen molar-refractivity contribution < 1.29 is 4.79 Å².